The molecule has 1 amide bonds. The fourth-order valence-corrected chi connectivity index (χ4v) is 3.35. The molecule has 2 N–H and O–H groups in total. The van der Waals surface area contributed by atoms with E-state index in [4.69, 9.17) is 14.3 Å². The molecule has 1 saturated carbocycles. The number of rotatable bonds is 10. The van der Waals surface area contributed by atoms with Crippen LogP contribution in [-0.2, 0) is 4.79 Å². The Hall–Kier alpha value is -3.52. The van der Waals surface area contributed by atoms with E-state index in [1.165, 1.54) is 18.4 Å². The van der Waals surface area contributed by atoms with Crippen LogP contribution in [0.15, 0.2) is 53.1 Å². The lowest BCUT2D eigenvalue weighted by atomic mass is 10.1. The molecule has 0 aliphatic heterocycles. The third kappa shape index (κ3) is 5.64. The van der Waals surface area contributed by atoms with Gasteiger partial charge in [0.2, 0.25) is 11.8 Å². The molecule has 1 aromatic heterocycles. The molecule has 0 saturated heterocycles. The lowest BCUT2D eigenvalue weighted by Gasteiger charge is -2.12. The van der Waals surface area contributed by atoms with E-state index >= 15 is 0 Å². The minimum Gasteiger partial charge on any atom is -0.484 e. The van der Waals surface area contributed by atoms with Crippen LogP contribution in [0.25, 0.3) is 11.5 Å². The molecule has 172 valence electrons. The van der Waals surface area contributed by atoms with Gasteiger partial charge in [-0.3, -0.25) is 9.59 Å². The Kier molecular flexibility index (Phi) is 6.84. The topological polar surface area (TPSA) is 102 Å². The SMILES string of the molecule is CC(Oc1ccc(C(=O)C2CC2)cc1)c1coc(-c2ccc(NC(=O)CCCO)c(F)c2)n1. The van der Waals surface area contributed by atoms with E-state index in [0.717, 1.165) is 12.8 Å². The first-order valence-electron chi connectivity index (χ1n) is 10.9. The van der Waals surface area contributed by atoms with Gasteiger partial charge in [-0.25, -0.2) is 9.37 Å². The zero-order chi connectivity index (χ0) is 23.4. The van der Waals surface area contributed by atoms with Crippen molar-refractivity contribution in [3.63, 3.8) is 0 Å². The molecule has 3 aromatic rings. The van der Waals surface area contributed by atoms with Crippen molar-refractivity contribution in [3.05, 3.63) is 65.8 Å². The molecule has 1 unspecified atom stereocenters. The van der Waals surface area contributed by atoms with Crippen molar-refractivity contribution >= 4 is 17.4 Å². The highest BCUT2D eigenvalue weighted by molar-refractivity contribution is 5.99. The lowest BCUT2D eigenvalue weighted by molar-refractivity contribution is -0.116. The van der Waals surface area contributed by atoms with E-state index in [0.29, 0.717) is 29.0 Å². The van der Waals surface area contributed by atoms with Gasteiger partial charge in [0.1, 0.15) is 29.6 Å². The van der Waals surface area contributed by atoms with Crippen LogP contribution in [0.5, 0.6) is 5.75 Å². The van der Waals surface area contributed by atoms with Crippen LogP contribution >= 0.6 is 0 Å². The average Bonchev–Trinajstić information content (AvgIpc) is 3.55. The molecule has 0 bridgehead atoms. The van der Waals surface area contributed by atoms with E-state index in [1.807, 2.05) is 6.92 Å². The number of amides is 1. The van der Waals surface area contributed by atoms with Crippen molar-refractivity contribution in [1.29, 1.82) is 0 Å². The van der Waals surface area contributed by atoms with Crippen molar-refractivity contribution in [3.8, 4) is 17.2 Å². The predicted molar refractivity (Wildman–Crippen MR) is 119 cm³/mol. The zero-order valence-corrected chi connectivity index (χ0v) is 18.2. The summed E-state index contributed by atoms with van der Waals surface area (Å²) in [5, 5.41) is 11.3. The first kappa shape index (κ1) is 22.7. The van der Waals surface area contributed by atoms with Crippen molar-refractivity contribution < 1.29 is 28.2 Å². The summed E-state index contributed by atoms with van der Waals surface area (Å²) in [7, 11) is 0. The molecule has 4 rings (SSSR count). The average molecular weight is 452 g/mol. The fourth-order valence-electron chi connectivity index (χ4n) is 3.35. The number of nitrogens with zero attached hydrogens (tertiary/aromatic N) is 1. The number of nitrogens with one attached hydrogen (secondary N) is 1. The van der Waals surface area contributed by atoms with Gasteiger partial charge in [-0.15, -0.1) is 0 Å². The normalized spacial score (nSPS) is 14.0. The maximum atomic E-state index is 14.4. The highest BCUT2D eigenvalue weighted by Crippen LogP contribution is 2.33. The molecule has 1 atom stereocenters. The summed E-state index contributed by atoms with van der Waals surface area (Å²) in [6, 6.07) is 11.3. The van der Waals surface area contributed by atoms with Crippen molar-refractivity contribution in [2.24, 2.45) is 5.92 Å². The summed E-state index contributed by atoms with van der Waals surface area (Å²) < 4.78 is 25.8. The first-order chi connectivity index (χ1) is 15.9. The molecule has 1 fully saturated rings. The molecule has 7 nitrogen and oxygen atoms in total. The Balaban J connectivity index is 1.39. The monoisotopic (exact) mass is 452 g/mol. The van der Waals surface area contributed by atoms with Gasteiger partial charge in [0.05, 0.1) is 5.69 Å². The van der Waals surface area contributed by atoms with Gasteiger partial charge in [0.15, 0.2) is 5.78 Å². The Labute approximate surface area is 190 Å². The van der Waals surface area contributed by atoms with Gasteiger partial charge >= 0.3 is 0 Å². The van der Waals surface area contributed by atoms with E-state index < -0.39 is 11.9 Å². The third-order valence-electron chi connectivity index (χ3n) is 5.39. The van der Waals surface area contributed by atoms with Gasteiger partial charge in [0, 0.05) is 30.1 Å². The maximum Gasteiger partial charge on any atom is 0.226 e. The van der Waals surface area contributed by atoms with Crippen LogP contribution < -0.4 is 10.1 Å². The zero-order valence-electron chi connectivity index (χ0n) is 18.2. The second-order valence-electron chi connectivity index (χ2n) is 8.07. The van der Waals surface area contributed by atoms with Gasteiger partial charge in [-0.2, -0.15) is 0 Å². The first-order valence-corrected chi connectivity index (χ1v) is 10.9. The summed E-state index contributed by atoms with van der Waals surface area (Å²) in [4.78, 5) is 28.3. The smallest absolute Gasteiger partial charge is 0.226 e. The number of hydrogen-bond acceptors (Lipinski definition) is 6. The predicted octanol–water partition coefficient (Wildman–Crippen LogP) is 4.92. The number of anilines is 1. The van der Waals surface area contributed by atoms with E-state index in [-0.39, 0.29) is 42.2 Å². The number of carbonyl (C=O) groups is 2. The maximum absolute atomic E-state index is 14.4. The Bertz CT molecular complexity index is 1140. The molecule has 1 aliphatic carbocycles. The number of hydrogen-bond donors (Lipinski definition) is 2. The van der Waals surface area contributed by atoms with Crippen LogP contribution in [0.1, 0.15) is 54.8 Å². The summed E-state index contributed by atoms with van der Waals surface area (Å²) in [6.07, 6.45) is 3.38. The van der Waals surface area contributed by atoms with E-state index in [2.05, 4.69) is 10.3 Å². The molecule has 0 spiro atoms. The minimum absolute atomic E-state index is 0.0498. The van der Waals surface area contributed by atoms with Crippen LogP contribution in [0.4, 0.5) is 10.1 Å². The number of aliphatic hydroxyl groups excluding tert-OH is 1. The number of carbonyl (C=O) groups excluding carboxylic acids is 2. The molecule has 2 aromatic carbocycles. The second-order valence-corrected chi connectivity index (χ2v) is 8.07. The number of aromatic nitrogens is 1. The molecule has 1 aliphatic rings. The lowest BCUT2D eigenvalue weighted by Crippen LogP contribution is -2.12. The van der Waals surface area contributed by atoms with Crippen molar-refractivity contribution in [2.45, 2.75) is 38.7 Å². The second kappa shape index (κ2) is 9.95. The van der Waals surface area contributed by atoms with Crippen molar-refractivity contribution in [2.75, 3.05) is 11.9 Å². The number of Topliss-reactive ketones (excluding diaryl/α,β-unsaturated/α-hetero) is 1. The summed E-state index contributed by atoms with van der Waals surface area (Å²) in [6.45, 7) is 1.71. The molecular formula is C25H25FN2O5. The Morgan fingerprint density at radius 3 is 2.67 bits per heavy atom. The van der Waals surface area contributed by atoms with Gasteiger partial charge in [-0.1, -0.05) is 0 Å². The summed E-state index contributed by atoms with van der Waals surface area (Å²) in [5.74, 6) is 0.193. The largest absolute Gasteiger partial charge is 0.484 e. The van der Waals surface area contributed by atoms with Crippen LogP contribution in [0.3, 0.4) is 0 Å². The quantitative estimate of drug-likeness (QED) is 0.423. The highest BCUT2D eigenvalue weighted by Gasteiger charge is 2.30. The summed E-state index contributed by atoms with van der Waals surface area (Å²) >= 11 is 0. The van der Waals surface area contributed by atoms with Gasteiger partial charge in [-0.05, 0) is 68.7 Å². The number of aliphatic hydroxyl groups is 1. The Morgan fingerprint density at radius 1 is 1.24 bits per heavy atom. The van der Waals surface area contributed by atoms with Crippen LogP contribution in [-0.4, -0.2) is 28.4 Å². The van der Waals surface area contributed by atoms with E-state index in [1.54, 1.807) is 30.3 Å². The minimum atomic E-state index is -0.616. The van der Waals surface area contributed by atoms with Crippen LogP contribution in [0.2, 0.25) is 0 Å². The number of halogens is 1. The molecular weight excluding hydrogens is 427 g/mol. The van der Waals surface area contributed by atoms with Crippen LogP contribution in [0, 0.1) is 11.7 Å². The molecule has 33 heavy (non-hydrogen) atoms. The van der Waals surface area contributed by atoms with Gasteiger partial charge < -0.3 is 19.6 Å². The van der Waals surface area contributed by atoms with Crippen molar-refractivity contribution in [1.82, 2.24) is 4.98 Å². The highest BCUT2D eigenvalue weighted by atomic mass is 19.1. The molecule has 8 heteroatoms. The van der Waals surface area contributed by atoms with Gasteiger partial charge in [0.25, 0.3) is 0 Å². The molecule has 1 heterocycles. The molecule has 0 radical (unpaired) electrons. The van der Waals surface area contributed by atoms with E-state index in [9.17, 15) is 14.0 Å². The Morgan fingerprint density at radius 2 is 2.00 bits per heavy atom. The summed E-state index contributed by atoms with van der Waals surface area (Å²) in [5.41, 5.74) is 1.69. The third-order valence-corrected chi connectivity index (χ3v) is 5.39. The number of benzene rings is 2. The number of ketones is 1. The number of oxazole rings is 1. The number of ether oxygens (including phenoxy) is 1. The fraction of sp³-hybridized carbons (Fsp3) is 0.320. The standard InChI is InChI=1S/C25H25FN2O5/c1-15(33-19-9-6-17(7-10-19)24(31)16-4-5-16)22-14-32-25(28-22)18-8-11-21(20(26)13-18)27-23(30)3-2-12-29/h6-11,13-16,29H,2-5,12H2,1H3,(H,27,30).